The van der Waals surface area contributed by atoms with Crippen LogP contribution in [0.3, 0.4) is 0 Å². The van der Waals surface area contributed by atoms with Crippen LogP contribution in [0.2, 0.25) is 0 Å². The van der Waals surface area contributed by atoms with Crippen LogP contribution in [-0.2, 0) is 6.42 Å². The molecule has 2 heteroatoms. The van der Waals surface area contributed by atoms with Gasteiger partial charge in [-0.05, 0) is 37.9 Å². The maximum absolute atomic E-state index is 6.00. The second-order valence-electron chi connectivity index (χ2n) is 4.73. The molecule has 96 valence electrons. The molecule has 0 amide bonds. The summed E-state index contributed by atoms with van der Waals surface area (Å²) in [5, 5.41) is 0. The topological polar surface area (TPSA) is 29.3 Å². The molecule has 0 radical (unpaired) electrons. The van der Waals surface area contributed by atoms with Gasteiger partial charge in [0, 0.05) is 18.6 Å². The summed E-state index contributed by atoms with van der Waals surface area (Å²) in [4.78, 5) is 2.47. The van der Waals surface area contributed by atoms with Gasteiger partial charge in [0.05, 0.1) is 0 Å². The highest BCUT2D eigenvalue weighted by molar-refractivity contribution is 5.30. The number of aryl methyl sites for hydroxylation is 1. The van der Waals surface area contributed by atoms with E-state index in [-0.39, 0.29) is 0 Å². The maximum Gasteiger partial charge on any atom is 0.0475 e. The van der Waals surface area contributed by atoms with Gasteiger partial charge in [-0.3, -0.25) is 4.90 Å². The number of nitrogens with zero attached hydrogens (tertiary/aromatic N) is 1. The van der Waals surface area contributed by atoms with E-state index in [1.807, 2.05) is 0 Å². The maximum atomic E-state index is 6.00. The molecule has 0 saturated carbocycles. The minimum atomic E-state index is 0.344. The third-order valence-corrected chi connectivity index (χ3v) is 3.45. The highest BCUT2D eigenvalue weighted by Gasteiger charge is 2.21. The fourth-order valence-electron chi connectivity index (χ4n) is 2.57. The van der Waals surface area contributed by atoms with Crippen LogP contribution < -0.4 is 5.73 Å². The van der Waals surface area contributed by atoms with Crippen molar-refractivity contribution in [2.45, 2.75) is 46.2 Å². The third kappa shape index (κ3) is 3.30. The summed E-state index contributed by atoms with van der Waals surface area (Å²) in [7, 11) is 0. The summed E-state index contributed by atoms with van der Waals surface area (Å²) in [5.41, 5.74) is 8.82. The summed E-state index contributed by atoms with van der Waals surface area (Å²) in [6.07, 6.45) is 1.07. The number of nitrogens with two attached hydrogens (primary N) is 1. The zero-order valence-corrected chi connectivity index (χ0v) is 11.6. The van der Waals surface area contributed by atoms with Crippen molar-refractivity contribution < 1.29 is 0 Å². The molecule has 1 aromatic carbocycles. The largest absolute Gasteiger partial charge is 0.329 e. The van der Waals surface area contributed by atoms with E-state index in [2.05, 4.69) is 56.9 Å². The first-order valence-electron chi connectivity index (χ1n) is 6.69. The molecular formula is C15H26N2. The molecule has 0 saturated heterocycles. The van der Waals surface area contributed by atoms with E-state index < -0.39 is 0 Å². The fraction of sp³-hybridized carbons (Fsp3) is 0.600. The number of benzene rings is 1. The average Bonchev–Trinajstić information content (AvgIpc) is 2.35. The Labute approximate surface area is 106 Å². The standard InChI is InChI=1S/C15H26N2/c1-5-13-9-7-8-10-14(13)15(11-16)17(6-2)12(3)4/h7-10,12,15H,5-6,11,16H2,1-4H3. The minimum absolute atomic E-state index is 0.344. The molecule has 0 aromatic heterocycles. The molecule has 17 heavy (non-hydrogen) atoms. The summed E-state index contributed by atoms with van der Waals surface area (Å²) >= 11 is 0. The zero-order chi connectivity index (χ0) is 12.8. The van der Waals surface area contributed by atoms with Crippen LogP contribution in [0.15, 0.2) is 24.3 Å². The Bertz CT molecular complexity index is 333. The third-order valence-electron chi connectivity index (χ3n) is 3.45. The Morgan fingerprint density at radius 3 is 2.29 bits per heavy atom. The van der Waals surface area contributed by atoms with Crippen molar-refractivity contribution in [2.24, 2.45) is 5.73 Å². The number of rotatable bonds is 6. The van der Waals surface area contributed by atoms with Gasteiger partial charge in [-0.2, -0.15) is 0 Å². The molecule has 0 spiro atoms. The molecule has 0 aliphatic rings. The summed E-state index contributed by atoms with van der Waals surface area (Å²) in [6.45, 7) is 10.6. The molecule has 0 heterocycles. The molecule has 0 bridgehead atoms. The fourth-order valence-corrected chi connectivity index (χ4v) is 2.57. The Hall–Kier alpha value is -0.860. The molecule has 1 aromatic rings. The van der Waals surface area contributed by atoms with Crippen molar-refractivity contribution in [3.05, 3.63) is 35.4 Å². The van der Waals surface area contributed by atoms with E-state index in [0.717, 1.165) is 13.0 Å². The van der Waals surface area contributed by atoms with Crippen molar-refractivity contribution in [3.8, 4) is 0 Å². The summed E-state index contributed by atoms with van der Waals surface area (Å²) in [5.74, 6) is 0. The van der Waals surface area contributed by atoms with Crippen molar-refractivity contribution in [1.29, 1.82) is 0 Å². The highest BCUT2D eigenvalue weighted by atomic mass is 15.2. The van der Waals surface area contributed by atoms with E-state index in [1.54, 1.807) is 0 Å². The summed E-state index contributed by atoms with van der Waals surface area (Å²) < 4.78 is 0. The lowest BCUT2D eigenvalue weighted by Gasteiger charge is -2.34. The van der Waals surface area contributed by atoms with Gasteiger partial charge in [0.2, 0.25) is 0 Å². The van der Waals surface area contributed by atoms with Crippen LogP contribution >= 0.6 is 0 Å². The van der Waals surface area contributed by atoms with E-state index in [9.17, 15) is 0 Å². The van der Waals surface area contributed by atoms with Crippen LogP contribution in [-0.4, -0.2) is 24.0 Å². The minimum Gasteiger partial charge on any atom is -0.329 e. The monoisotopic (exact) mass is 234 g/mol. The van der Waals surface area contributed by atoms with E-state index in [0.29, 0.717) is 18.6 Å². The van der Waals surface area contributed by atoms with E-state index in [1.165, 1.54) is 11.1 Å². The first-order valence-corrected chi connectivity index (χ1v) is 6.69. The van der Waals surface area contributed by atoms with Crippen LogP contribution in [0.4, 0.5) is 0 Å². The Morgan fingerprint density at radius 1 is 1.18 bits per heavy atom. The first-order chi connectivity index (χ1) is 8.15. The second kappa shape index (κ2) is 6.77. The van der Waals surface area contributed by atoms with Crippen LogP contribution in [0.5, 0.6) is 0 Å². The van der Waals surface area contributed by atoms with Crippen molar-refractivity contribution >= 4 is 0 Å². The average molecular weight is 234 g/mol. The molecule has 2 nitrogen and oxygen atoms in total. The van der Waals surface area contributed by atoms with Gasteiger partial charge < -0.3 is 5.73 Å². The predicted molar refractivity (Wildman–Crippen MR) is 75.1 cm³/mol. The first kappa shape index (κ1) is 14.2. The van der Waals surface area contributed by atoms with Gasteiger partial charge in [-0.1, -0.05) is 38.1 Å². The molecule has 2 N–H and O–H groups in total. The second-order valence-corrected chi connectivity index (χ2v) is 4.73. The van der Waals surface area contributed by atoms with Crippen LogP contribution in [0, 0.1) is 0 Å². The van der Waals surface area contributed by atoms with Gasteiger partial charge in [-0.15, -0.1) is 0 Å². The number of hydrogen-bond acceptors (Lipinski definition) is 2. The van der Waals surface area contributed by atoms with E-state index in [4.69, 9.17) is 5.73 Å². The molecule has 0 aliphatic carbocycles. The number of likely N-dealkylation sites (N-methyl/N-ethyl adjacent to an activating group) is 1. The van der Waals surface area contributed by atoms with Crippen molar-refractivity contribution in [1.82, 2.24) is 4.90 Å². The lowest BCUT2D eigenvalue weighted by Crippen LogP contribution is -2.38. The molecule has 1 unspecified atom stereocenters. The molecule has 1 atom stereocenters. The Kier molecular flexibility index (Phi) is 5.66. The molecule has 1 rings (SSSR count). The Balaban J connectivity index is 3.07. The zero-order valence-electron chi connectivity index (χ0n) is 11.6. The summed E-state index contributed by atoms with van der Waals surface area (Å²) in [6, 6.07) is 9.54. The molecule has 0 aliphatic heterocycles. The predicted octanol–water partition coefficient (Wildman–Crippen LogP) is 2.98. The van der Waals surface area contributed by atoms with Crippen molar-refractivity contribution in [3.63, 3.8) is 0 Å². The van der Waals surface area contributed by atoms with Gasteiger partial charge in [0.1, 0.15) is 0 Å². The molecular weight excluding hydrogens is 208 g/mol. The van der Waals surface area contributed by atoms with Gasteiger partial charge in [0.15, 0.2) is 0 Å². The van der Waals surface area contributed by atoms with Gasteiger partial charge >= 0.3 is 0 Å². The SMILES string of the molecule is CCc1ccccc1C(CN)N(CC)C(C)C. The lowest BCUT2D eigenvalue weighted by atomic mass is 9.96. The highest BCUT2D eigenvalue weighted by Crippen LogP contribution is 2.25. The van der Waals surface area contributed by atoms with Gasteiger partial charge in [0.25, 0.3) is 0 Å². The van der Waals surface area contributed by atoms with Gasteiger partial charge in [-0.25, -0.2) is 0 Å². The number of hydrogen-bond donors (Lipinski definition) is 1. The van der Waals surface area contributed by atoms with Crippen LogP contribution in [0.25, 0.3) is 0 Å². The molecule has 0 fully saturated rings. The van der Waals surface area contributed by atoms with Crippen molar-refractivity contribution in [2.75, 3.05) is 13.1 Å². The Morgan fingerprint density at radius 2 is 1.82 bits per heavy atom. The lowest BCUT2D eigenvalue weighted by molar-refractivity contribution is 0.166. The smallest absolute Gasteiger partial charge is 0.0475 e. The van der Waals surface area contributed by atoms with E-state index >= 15 is 0 Å². The quantitative estimate of drug-likeness (QED) is 0.820. The normalized spacial score (nSPS) is 13.4. The van der Waals surface area contributed by atoms with Crippen LogP contribution in [0.1, 0.15) is 44.9 Å².